The van der Waals surface area contributed by atoms with Gasteiger partial charge < -0.3 is 14.6 Å². The molecule has 0 aromatic heterocycles. The average Bonchev–Trinajstić information content (AvgIpc) is 2.56. The molecule has 0 saturated heterocycles. The van der Waals surface area contributed by atoms with Crippen molar-refractivity contribution in [1.29, 1.82) is 0 Å². The minimum atomic E-state index is -1.48. The maximum absolute atomic E-state index is 10.9. The zero-order valence-corrected chi connectivity index (χ0v) is 12.9. The van der Waals surface area contributed by atoms with E-state index in [0.717, 1.165) is 11.5 Å². The molecule has 0 fully saturated rings. The molecular weight excluding hydrogens is 276 g/mol. The Bertz CT molecular complexity index is 586. The van der Waals surface area contributed by atoms with Gasteiger partial charge in [0.25, 0.3) is 0 Å². The highest BCUT2D eigenvalue weighted by molar-refractivity contribution is 5.46. The SMILES string of the molecule is C#CC(O)(c1ccc(OCC)cc1)c1ccc(OCC)cc1. The van der Waals surface area contributed by atoms with E-state index in [0.29, 0.717) is 24.3 Å². The summed E-state index contributed by atoms with van der Waals surface area (Å²) in [6.07, 6.45) is 5.60. The van der Waals surface area contributed by atoms with E-state index in [1.807, 2.05) is 13.8 Å². The van der Waals surface area contributed by atoms with E-state index in [-0.39, 0.29) is 0 Å². The molecule has 0 atom stereocenters. The number of benzene rings is 2. The normalized spacial score (nSPS) is 10.8. The van der Waals surface area contributed by atoms with Gasteiger partial charge >= 0.3 is 0 Å². The van der Waals surface area contributed by atoms with Crippen molar-refractivity contribution >= 4 is 0 Å². The number of aliphatic hydroxyl groups is 1. The maximum atomic E-state index is 10.9. The van der Waals surface area contributed by atoms with E-state index in [2.05, 4.69) is 5.92 Å². The van der Waals surface area contributed by atoms with E-state index in [4.69, 9.17) is 15.9 Å². The van der Waals surface area contributed by atoms with Crippen LogP contribution >= 0.6 is 0 Å². The van der Waals surface area contributed by atoms with Gasteiger partial charge in [0.15, 0.2) is 5.60 Å². The molecule has 2 aromatic rings. The molecule has 0 amide bonds. The molecule has 3 nitrogen and oxygen atoms in total. The molecule has 0 aliphatic heterocycles. The third-order valence-corrected chi connectivity index (χ3v) is 3.38. The van der Waals surface area contributed by atoms with Crippen LogP contribution in [0, 0.1) is 12.3 Å². The first-order chi connectivity index (χ1) is 10.6. The average molecular weight is 296 g/mol. The van der Waals surface area contributed by atoms with Gasteiger partial charge in [-0.15, -0.1) is 6.42 Å². The van der Waals surface area contributed by atoms with E-state index in [1.54, 1.807) is 48.5 Å². The number of terminal acetylenes is 1. The molecule has 1 N–H and O–H groups in total. The quantitative estimate of drug-likeness (QED) is 0.831. The van der Waals surface area contributed by atoms with Gasteiger partial charge in [0.2, 0.25) is 0 Å². The Labute approximate surface area is 131 Å². The van der Waals surface area contributed by atoms with Crippen molar-refractivity contribution in [3.63, 3.8) is 0 Å². The van der Waals surface area contributed by atoms with Crippen LogP contribution in [0.25, 0.3) is 0 Å². The molecule has 0 aliphatic rings. The first kappa shape index (κ1) is 15.9. The lowest BCUT2D eigenvalue weighted by Crippen LogP contribution is -2.24. The van der Waals surface area contributed by atoms with Crippen molar-refractivity contribution in [2.75, 3.05) is 13.2 Å². The highest BCUT2D eigenvalue weighted by Crippen LogP contribution is 2.31. The summed E-state index contributed by atoms with van der Waals surface area (Å²) in [5, 5.41) is 10.9. The Morgan fingerprint density at radius 1 is 0.864 bits per heavy atom. The zero-order valence-electron chi connectivity index (χ0n) is 12.9. The fourth-order valence-corrected chi connectivity index (χ4v) is 2.25. The summed E-state index contributed by atoms with van der Waals surface area (Å²) >= 11 is 0. The van der Waals surface area contributed by atoms with Gasteiger partial charge in [-0.25, -0.2) is 0 Å². The van der Waals surface area contributed by atoms with Crippen LogP contribution in [0.1, 0.15) is 25.0 Å². The molecule has 22 heavy (non-hydrogen) atoms. The van der Waals surface area contributed by atoms with Gasteiger partial charge in [-0.2, -0.15) is 0 Å². The lowest BCUT2D eigenvalue weighted by atomic mass is 9.87. The largest absolute Gasteiger partial charge is 0.494 e. The second kappa shape index (κ2) is 7.02. The summed E-state index contributed by atoms with van der Waals surface area (Å²) in [5.74, 6) is 3.98. The van der Waals surface area contributed by atoms with E-state index >= 15 is 0 Å². The third-order valence-electron chi connectivity index (χ3n) is 3.38. The van der Waals surface area contributed by atoms with Crippen LogP contribution in [0.2, 0.25) is 0 Å². The Kier molecular flexibility index (Phi) is 5.08. The topological polar surface area (TPSA) is 38.7 Å². The summed E-state index contributed by atoms with van der Waals surface area (Å²) in [7, 11) is 0. The van der Waals surface area contributed by atoms with Crippen molar-refractivity contribution in [1.82, 2.24) is 0 Å². The number of hydrogen-bond donors (Lipinski definition) is 1. The molecule has 0 heterocycles. The van der Waals surface area contributed by atoms with Crippen molar-refractivity contribution in [2.24, 2.45) is 0 Å². The van der Waals surface area contributed by atoms with E-state index in [1.165, 1.54) is 0 Å². The van der Waals surface area contributed by atoms with Gasteiger partial charge in [0.05, 0.1) is 13.2 Å². The fraction of sp³-hybridized carbons (Fsp3) is 0.263. The van der Waals surface area contributed by atoms with Gasteiger partial charge in [-0.1, -0.05) is 30.2 Å². The first-order valence-corrected chi connectivity index (χ1v) is 7.30. The van der Waals surface area contributed by atoms with Crippen LogP contribution in [0.3, 0.4) is 0 Å². The summed E-state index contributed by atoms with van der Waals surface area (Å²) in [6.45, 7) is 5.03. The van der Waals surface area contributed by atoms with Crippen LogP contribution in [-0.4, -0.2) is 18.3 Å². The summed E-state index contributed by atoms with van der Waals surface area (Å²) < 4.78 is 10.8. The Morgan fingerprint density at radius 2 is 1.23 bits per heavy atom. The zero-order chi connectivity index (χ0) is 16.0. The standard InChI is InChI=1S/C19H20O3/c1-4-19(20,15-7-11-17(12-8-15)21-5-2)16-9-13-18(14-10-16)22-6-3/h1,7-14,20H,5-6H2,2-3H3. The van der Waals surface area contributed by atoms with Gasteiger partial charge in [-0.05, 0) is 38.1 Å². The molecule has 0 aliphatic carbocycles. The molecule has 0 spiro atoms. The minimum Gasteiger partial charge on any atom is -0.494 e. The van der Waals surface area contributed by atoms with E-state index in [9.17, 15) is 5.11 Å². The van der Waals surface area contributed by atoms with Crippen LogP contribution in [-0.2, 0) is 5.60 Å². The first-order valence-electron chi connectivity index (χ1n) is 7.30. The van der Waals surface area contributed by atoms with Crippen molar-refractivity contribution in [2.45, 2.75) is 19.4 Å². The molecule has 3 heteroatoms. The Hall–Kier alpha value is -2.44. The smallest absolute Gasteiger partial charge is 0.176 e. The van der Waals surface area contributed by atoms with Crippen LogP contribution in [0.5, 0.6) is 11.5 Å². The Balaban J connectivity index is 2.33. The molecule has 2 rings (SSSR count). The van der Waals surface area contributed by atoms with Gasteiger partial charge in [0, 0.05) is 11.1 Å². The number of hydrogen-bond acceptors (Lipinski definition) is 3. The summed E-state index contributed by atoms with van der Waals surface area (Å²) in [4.78, 5) is 0. The van der Waals surface area contributed by atoms with Gasteiger partial charge in [0.1, 0.15) is 11.5 Å². The fourth-order valence-electron chi connectivity index (χ4n) is 2.25. The lowest BCUT2D eigenvalue weighted by Gasteiger charge is -2.23. The van der Waals surface area contributed by atoms with Crippen LogP contribution in [0.4, 0.5) is 0 Å². The predicted octanol–water partition coefficient (Wildman–Crippen LogP) is 3.35. The van der Waals surface area contributed by atoms with Crippen LogP contribution in [0.15, 0.2) is 48.5 Å². The molecule has 0 unspecified atom stereocenters. The Morgan fingerprint density at radius 3 is 1.50 bits per heavy atom. The third kappa shape index (κ3) is 3.24. The molecule has 0 bridgehead atoms. The second-order valence-corrected chi connectivity index (χ2v) is 4.77. The molecular formula is C19H20O3. The molecule has 2 aromatic carbocycles. The van der Waals surface area contributed by atoms with Crippen molar-refractivity contribution in [3.8, 4) is 23.8 Å². The number of rotatable bonds is 6. The monoisotopic (exact) mass is 296 g/mol. The van der Waals surface area contributed by atoms with Crippen molar-refractivity contribution < 1.29 is 14.6 Å². The highest BCUT2D eigenvalue weighted by Gasteiger charge is 2.29. The minimum absolute atomic E-state index is 0.595. The highest BCUT2D eigenvalue weighted by atomic mass is 16.5. The van der Waals surface area contributed by atoms with Crippen LogP contribution < -0.4 is 9.47 Å². The summed E-state index contributed by atoms with van der Waals surface area (Å²) in [5.41, 5.74) is -0.222. The number of ether oxygens (including phenoxy) is 2. The summed E-state index contributed by atoms with van der Waals surface area (Å²) in [6, 6.07) is 14.3. The van der Waals surface area contributed by atoms with Crippen molar-refractivity contribution in [3.05, 3.63) is 59.7 Å². The molecule has 114 valence electrons. The second-order valence-electron chi connectivity index (χ2n) is 4.77. The van der Waals surface area contributed by atoms with Gasteiger partial charge in [-0.3, -0.25) is 0 Å². The lowest BCUT2D eigenvalue weighted by molar-refractivity contribution is 0.145. The maximum Gasteiger partial charge on any atom is 0.176 e. The van der Waals surface area contributed by atoms with E-state index < -0.39 is 5.60 Å². The molecule has 0 saturated carbocycles. The predicted molar refractivity (Wildman–Crippen MR) is 87.1 cm³/mol. The molecule has 0 radical (unpaired) electrons.